The van der Waals surface area contributed by atoms with Crippen LogP contribution in [0.15, 0.2) is 88.9 Å². The maximum atomic E-state index is 13.0. The molecule has 0 spiro atoms. The van der Waals surface area contributed by atoms with Gasteiger partial charge >= 0.3 is 0 Å². The predicted molar refractivity (Wildman–Crippen MR) is 117 cm³/mol. The molecule has 1 aliphatic rings. The van der Waals surface area contributed by atoms with Crippen molar-refractivity contribution in [2.75, 3.05) is 4.90 Å². The number of aliphatic hydroxyl groups is 1. The number of ketones is 1. The highest BCUT2D eigenvalue weighted by molar-refractivity contribution is 9.10. The molecule has 1 atom stereocenters. The van der Waals surface area contributed by atoms with Crippen molar-refractivity contribution in [3.05, 3.63) is 106 Å². The quantitative estimate of drug-likeness (QED) is 0.332. The lowest BCUT2D eigenvalue weighted by Crippen LogP contribution is -2.29. The molecule has 1 saturated heterocycles. The molecule has 0 unspecified atom stereocenters. The molecule has 1 amide bonds. The maximum Gasteiger partial charge on any atom is 0.300 e. The molecule has 4 rings (SSSR count). The first kappa shape index (κ1) is 19.2. The number of benzene rings is 3. The predicted octanol–water partition coefficient (Wildman–Crippen LogP) is 5.38. The van der Waals surface area contributed by atoms with Gasteiger partial charge in [-0.15, -0.1) is 0 Å². The largest absolute Gasteiger partial charge is 0.507 e. The van der Waals surface area contributed by atoms with Crippen LogP contribution in [0.4, 0.5) is 5.69 Å². The van der Waals surface area contributed by atoms with E-state index < -0.39 is 17.7 Å². The zero-order valence-electron chi connectivity index (χ0n) is 15.7. The molecule has 4 nitrogen and oxygen atoms in total. The fraction of sp³-hybridized carbons (Fsp3) is 0.0833. The Kier molecular flexibility index (Phi) is 5.07. The van der Waals surface area contributed by atoms with Crippen molar-refractivity contribution in [3.8, 4) is 0 Å². The Morgan fingerprint density at radius 2 is 1.52 bits per heavy atom. The highest BCUT2D eigenvalue weighted by Crippen LogP contribution is 2.42. The van der Waals surface area contributed by atoms with E-state index in [-0.39, 0.29) is 11.3 Å². The molecule has 0 bridgehead atoms. The fourth-order valence-corrected chi connectivity index (χ4v) is 3.78. The second-order valence-corrected chi connectivity index (χ2v) is 7.84. The number of aliphatic hydroxyl groups excluding tert-OH is 1. The van der Waals surface area contributed by atoms with Gasteiger partial charge in [-0.1, -0.05) is 76.1 Å². The summed E-state index contributed by atoms with van der Waals surface area (Å²) < 4.78 is 0.886. The molecule has 5 heteroatoms. The van der Waals surface area contributed by atoms with E-state index in [1.807, 2.05) is 61.5 Å². The summed E-state index contributed by atoms with van der Waals surface area (Å²) in [5, 5.41) is 11.0. The molecular weight excluding hydrogens is 430 g/mol. The number of carbonyl (C=O) groups excluding carboxylic acids is 2. The van der Waals surface area contributed by atoms with Crippen molar-refractivity contribution in [2.45, 2.75) is 13.0 Å². The summed E-state index contributed by atoms with van der Waals surface area (Å²) in [6.45, 7) is 1.96. The Morgan fingerprint density at radius 1 is 0.897 bits per heavy atom. The monoisotopic (exact) mass is 447 g/mol. The van der Waals surface area contributed by atoms with Gasteiger partial charge in [0.25, 0.3) is 11.7 Å². The Balaban J connectivity index is 1.94. The fourth-order valence-electron chi connectivity index (χ4n) is 3.52. The van der Waals surface area contributed by atoms with Gasteiger partial charge in [-0.3, -0.25) is 14.5 Å². The van der Waals surface area contributed by atoms with Gasteiger partial charge in [0.05, 0.1) is 11.6 Å². The first-order valence-electron chi connectivity index (χ1n) is 9.16. The number of aryl methyl sites for hydroxylation is 1. The van der Waals surface area contributed by atoms with Gasteiger partial charge in [0.2, 0.25) is 0 Å². The Bertz CT molecular complexity index is 1100. The molecule has 0 aromatic heterocycles. The van der Waals surface area contributed by atoms with Crippen molar-refractivity contribution >= 4 is 39.1 Å². The van der Waals surface area contributed by atoms with E-state index in [1.54, 1.807) is 24.3 Å². The molecule has 3 aromatic carbocycles. The van der Waals surface area contributed by atoms with Crippen molar-refractivity contribution in [2.24, 2.45) is 0 Å². The molecule has 3 aromatic rings. The zero-order valence-corrected chi connectivity index (χ0v) is 17.3. The number of nitrogens with zero attached hydrogens (tertiary/aromatic N) is 1. The van der Waals surface area contributed by atoms with Gasteiger partial charge in [-0.25, -0.2) is 0 Å². The minimum atomic E-state index is -0.717. The number of hydrogen-bond donors (Lipinski definition) is 1. The van der Waals surface area contributed by atoms with Gasteiger partial charge in [0.1, 0.15) is 5.76 Å². The SMILES string of the molecule is Cc1ccc(N2C(=O)C(=O)/C(=C(/O)c3ccccc3)[C@@H]2c2ccc(Br)cc2)cc1. The van der Waals surface area contributed by atoms with Crippen LogP contribution in [-0.2, 0) is 9.59 Å². The average molecular weight is 448 g/mol. The van der Waals surface area contributed by atoms with Crippen LogP contribution in [0.25, 0.3) is 5.76 Å². The van der Waals surface area contributed by atoms with E-state index in [4.69, 9.17) is 0 Å². The molecule has 0 saturated carbocycles. The molecular formula is C24H18BrNO3. The summed E-state index contributed by atoms with van der Waals surface area (Å²) in [7, 11) is 0. The standard InChI is InChI=1S/C24H18BrNO3/c1-15-7-13-19(14-8-15)26-21(16-9-11-18(25)12-10-16)20(23(28)24(26)29)22(27)17-5-3-2-4-6-17/h2-14,21,27H,1H3/b22-20+/t21-/m0/s1. The number of Topliss-reactive ketones (excluding diaryl/α,β-unsaturated/α-hetero) is 1. The van der Waals surface area contributed by atoms with E-state index in [0.717, 1.165) is 15.6 Å². The minimum Gasteiger partial charge on any atom is -0.507 e. The van der Waals surface area contributed by atoms with Crippen LogP contribution in [0, 0.1) is 6.92 Å². The van der Waals surface area contributed by atoms with Gasteiger partial charge < -0.3 is 5.11 Å². The number of amides is 1. The Labute approximate surface area is 177 Å². The minimum absolute atomic E-state index is 0.0871. The Morgan fingerprint density at radius 3 is 2.14 bits per heavy atom. The normalized spacial score (nSPS) is 18.3. The lowest BCUT2D eigenvalue weighted by atomic mass is 9.95. The average Bonchev–Trinajstić information content (AvgIpc) is 3.00. The first-order valence-corrected chi connectivity index (χ1v) is 9.95. The molecule has 0 aliphatic carbocycles. The van der Waals surface area contributed by atoms with E-state index in [9.17, 15) is 14.7 Å². The van der Waals surface area contributed by atoms with Crippen LogP contribution < -0.4 is 4.90 Å². The third-order valence-corrected chi connectivity index (χ3v) is 5.52. The number of rotatable bonds is 3. The highest BCUT2D eigenvalue weighted by Gasteiger charge is 2.46. The molecule has 0 radical (unpaired) electrons. The third-order valence-electron chi connectivity index (χ3n) is 4.99. The van der Waals surface area contributed by atoms with E-state index in [0.29, 0.717) is 11.3 Å². The second-order valence-electron chi connectivity index (χ2n) is 6.92. The topological polar surface area (TPSA) is 57.6 Å². The van der Waals surface area contributed by atoms with Crippen LogP contribution in [0.3, 0.4) is 0 Å². The van der Waals surface area contributed by atoms with Gasteiger partial charge in [-0.2, -0.15) is 0 Å². The summed E-state index contributed by atoms with van der Waals surface area (Å²) in [6, 6.07) is 22.9. The zero-order chi connectivity index (χ0) is 20.5. The van der Waals surface area contributed by atoms with Crippen molar-refractivity contribution in [1.82, 2.24) is 0 Å². The van der Waals surface area contributed by atoms with Crippen LogP contribution in [0.5, 0.6) is 0 Å². The molecule has 1 heterocycles. The Hall–Kier alpha value is -3.18. The summed E-state index contributed by atoms with van der Waals surface area (Å²) in [5.74, 6) is -1.52. The lowest BCUT2D eigenvalue weighted by molar-refractivity contribution is -0.132. The number of carbonyl (C=O) groups is 2. The van der Waals surface area contributed by atoms with E-state index in [2.05, 4.69) is 15.9 Å². The molecule has 144 valence electrons. The summed E-state index contributed by atoms with van der Waals surface area (Å²) >= 11 is 3.42. The van der Waals surface area contributed by atoms with Crippen molar-refractivity contribution in [3.63, 3.8) is 0 Å². The number of hydrogen-bond acceptors (Lipinski definition) is 3. The summed E-state index contributed by atoms with van der Waals surface area (Å²) in [5.41, 5.74) is 2.98. The van der Waals surface area contributed by atoms with E-state index >= 15 is 0 Å². The first-order chi connectivity index (χ1) is 14.0. The van der Waals surface area contributed by atoms with Crippen LogP contribution >= 0.6 is 15.9 Å². The second kappa shape index (κ2) is 7.68. The van der Waals surface area contributed by atoms with Gasteiger partial charge in [0, 0.05) is 15.7 Å². The summed E-state index contributed by atoms with van der Waals surface area (Å²) in [4.78, 5) is 27.5. The van der Waals surface area contributed by atoms with Gasteiger partial charge in [-0.05, 0) is 36.8 Å². The van der Waals surface area contributed by atoms with Crippen molar-refractivity contribution < 1.29 is 14.7 Å². The van der Waals surface area contributed by atoms with Gasteiger partial charge in [0.15, 0.2) is 0 Å². The van der Waals surface area contributed by atoms with E-state index in [1.165, 1.54) is 4.90 Å². The summed E-state index contributed by atoms with van der Waals surface area (Å²) in [6.07, 6.45) is 0. The molecule has 1 fully saturated rings. The molecule has 1 aliphatic heterocycles. The highest BCUT2D eigenvalue weighted by atomic mass is 79.9. The van der Waals surface area contributed by atoms with Crippen LogP contribution in [0.2, 0.25) is 0 Å². The van der Waals surface area contributed by atoms with Crippen LogP contribution in [-0.4, -0.2) is 16.8 Å². The molecule has 1 N–H and O–H groups in total. The third kappa shape index (κ3) is 3.49. The molecule has 29 heavy (non-hydrogen) atoms. The smallest absolute Gasteiger partial charge is 0.300 e. The maximum absolute atomic E-state index is 13.0. The number of anilines is 1. The number of halogens is 1. The van der Waals surface area contributed by atoms with Crippen LogP contribution in [0.1, 0.15) is 22.7 Å². The van der Waals surface area contributed by atoms with Crippen molar-refractivity contribution in [1.29, 1.82) is 0 Å². The lowest BCUT2D eigenvalue weighted by Gasteiger charge is -2.25.